The Morgan fingerprint density at radius 3 is 2.63 bits per heavy atom. The zero-order valence-electron chi connectivity index (χ0n) is 15.4. The summed E-state index contributed by atoms with van der Waals surface area (Å²) < 4.78 is 6.26. The number of benzene rings is 1. The first-order chi connectivity index (χ1) is 14.4. The number of carbonyl (C=O) groups excluding carboxylic acids is 1. The van der Waals surface area contributed by atoms with Crippen LogP contribution in [0.1, 0.15) is 5.56 Å². The summed E-state index contributed by atoms with van der Waals surface area (Å²) in [6, 6.07) is 9.34. The van der Waals surface area contributed by atoms with E-state index in [2.05, 4.69) is 10.1 Å². The average Bonchev–Trinajstić information content (AvgIpc) is 3.16. The number of hydrogen-bond acceptors (Lipinski definition) is 9. The molecule has 2 N–H and O–H groups in total. The van der Waals surface area contributed by atoms with E-state index in [1.165, 1.54) is 35.1 Å². The SMILES string of the molecule is COC1=CC(=Cc2c(N)n3nc(-c4ccccc4)sc3nc2=O)C=C([N+](=O)[O-])C1=O. The van der Waals surface area contributed by atoms with E-state index in [1.54, 1.807) is 0 Å². The molecule has 10 nitrogen and oxygen atoms in total. The molecule has 0 bridgehead atoms. The standard InChI is InChI=1S/C19H13N5O5S/c1-29-14-9-10(8-13(15(14)25)24(27)28)7-12-16(20)23-19(21-17(12)26)30-18(22-23)11-5-3-2-4-6-11/h2-9H,20H2,1H3. The van der Waals surface area contributed by atoms with Crippen molar-refractivity contribution in [1.82, 2.24) is 14.6 Å². The molecular formula is C19H13N5O5S. The van der Waals surface area contributed by atoms with Gasteiger partial charge in [0.25, 0.3) is 11.3 Å². The molecule has 2 heterocycles. The fraction of sp³-hybridized carbons (Fsp3) is 0.0526. The van der Waals surface area contributed by atoms with Crippen molar-refractivity contribution in [2.75, 3.05) is 12.8 Å². The van der Waals surface area contributed by atoms with Crippen molar-refractivity contribution >= 4 is 34.0 Å². The Morgan fingerprint density at radius 2 is 1.97 bits per heavy atom. The van der Waals surface area contributed by atoms with Gasteiger partial charge in [-0.1, -0.05) is 41.7 Å². The lowest BCUT2D eigenvalue weighted by molar-refractivity contribution is -0.418. The zero-order chi connectivity index (χ0) is 21.4. The second-order valence-corrected chi connectivity index (χ2v) is 7.11. The smallest absolute Gasteiger partial charge is 0.320 e. The molecule has 2 aromatic heterocycles. The zero-order valence-corrected chi connectivity index (χ0v) is 16.3. The topological polar surface area (TPSA) is 143 Å². The molecular weight excluding hydrogens is 410 g/mol. The van der Waals surface area contributed by atoms with Crippen molar-refractivity contribution in [3.63, 3.8) is 0 Å². The maximum absolute atomic E-state index is 12.6. The Labute approximate surface area is 172 Å². The number of allylic oxidation sites excluding steroid dienone is 3. The summed E-state index contributed by atoms with van der Waals surface area (Å²) in [7, 11) is 1.22. The predicted molar refractivity (Wildman–Crippen MR) is 110 cm³/mol. The summed E-state index contributed by atoms with van der Waals surface area (Å²) in [6.45, 7) is 0. The molecule has 0 amide bonds. The highest BCUT2D eigenvalue weighted by Crippen LogP contribution is 2.27. The number of Topliss-reactive ketones (excluding diaryl/α,β-unsaturated/α-hetero) is 1. The van der Waals surface area contributed by atoms with Gasteiger partial charge in [-0.3, -0.25) is 19.7 Å². The minimum absolute atomic E-state index is 0.00703. The third-order valence-electron chi connectivity index (χ3n) is 4.30. The third-order valence-corrected chi connectivity index (χ3v) is 5.26. The molecule has 11 heteroatoms. The van der Waals surface area contributed by atoms with Crippen molar-refractivity contribution in [2.45, 2.75) is 0 Å². The lowest BCUT2D eigenvalue weighted by atomic mass is 10.0. The largest absolute Gasteiger partial charge is 0.492 e. The van der Waals surface area contributed by atoms with Crippen LogP contribution < -0.4 is 11.3 Å². The van der Waals surface area contributed by atoms with Crippen LogP contribution in [-0.4, -0.2) is 32.4 Å². The second kappa shape index (κ2) is 7.37. The van der Waals surface area contributed by atoms with Crippen LogP contribution in [0.4, 0.5) is 5.82 Å². The molecule has 0 fully saturated rings. The lowest BCUT2D eigenvalue weighted by Gasteiger charge is -2.09. The molecule has 30 heavy (non-hydrogen) atoms. The van der Waals surface area contributed by atoms with E-state index in [0.717, 1.165) is 11.6 Å². The first-order valence-corrected chi connectivity index (χ1v) is 9.33. The number of fused-ring (bicyclic) bond motifs is 1. The van der Waals surface area contributed by atoms with E-state index in [4.69, 9.17) is 10.5 Å². The van der Waals surface area contributed by atoms with E-state index in [-0.39, 0.29) is 22.7 Å². The van der Waals surface area contributed by atoms with E-state index < -0.39 is 22.0 Å². The van der Waals surface area contributed by atoms with E-state index in [9.17, 15) is 19.7 Å². The molecule has 1 aromatic carbocycles. The van der Waals surface area contributed by atoms with Gasteiger partial charge in [0.15, 0.2) is 5.76 Å². The fourth-order valence-electron chi connectivity index (χ4n) is 2.86. The number of ketones is 1. The Kier molecular flexibility index (Phi) is 4.72. The number of ether oxygens (including phenoxy) is 1. The van der Waals surface area contributed by atoms with Crippen molar-refractivity contribution in [2.24, 2.45) is 0 Å². The highest BCUT2D eigenvalue weighted by Gasteiger charge is 2.30. The molecule has 0 radical (unpaired) electrons. The van der Waals surface area contributed by atoms with Crippen LogP contribution in [-0.2, 0) is 9.53 Å². The summed E-state index contributed by atoms with van der Waals surface area (Å²) in [5.41, 5.74) is 5.91. The maximum atomic E-state index is 12.6. The van der Waals surface area contributed by atoms with Crippen LogP contribution in [0, 0.1) is 10.1 Å². The lowest BCUT2D eigenvalue weighted by Crippen LogP contribution is -2.19. The molecule has 0 spiro atoms. The molecule has 4 rings (SSSR count). The van der Waals surface area contributed by atoms with Crippen molar-refractivity contribution < 1.29 is 14.5 Å². The number of nitro groups is 1. The monoisotopic (exact) mass is 423 g/mol. The number of nitrogen functional groups attached to an aromatic ring is 1. The van der Waals surface area contributed by atoms with Gasteiger partial charge in [-0.05, 0) is 17.7 Å². The van der Waals surface area contributed by atoms with Crippen LogP contribution >= 0.6 is 11.3 Å². The van der Waals surface area contributed by atoms with Gasteiger partial charge >= 0.3 is 5.70 Å². The van der Waals surface area contributed by atoms with Gasteiger partial charge in [-0.2, -0.15) is 14.6 Å². The number of methoxy groups -OCH3 is 1. The Hall–Kier alpha value is -4.12. The minimum Gasteiger partial charge on any atom is -0.492 e. The van der Waals surface area contributed by atoms with Gasteiger partial charge in [0, 0.05) is 11.6 Å². The van der Waals surface area contributed by atoms with Crippen molar-refractivity contribution in [3.05, 3.63) is 85.5 Å². The normalized spacial score (nSPS) is 15.2. The molecule has 0 saturated carbocycles. The highest BCUT2D eigenvalue weighted by molar-refractivity contribution is 7.19. The van der Waals surface area contributed by atoms with Gasteiger partial charge in [-0.25, -0.2) is 0 Å². The Bertz CT molecular complexity index is 1350. The number of nitrogens with two attached hydrogens (primary N) is 1. The van der Waals surface area contributed by atoms with Crippen LogP contribution in [0.15, 0.2) is 64.3 Å². The summed E-state index contributed by atoms with van der Waals surface area (Å²) in [5, 5.41) is 16.2. The van der Waals surface area contributed by atoms with E-state index >= 15 is 0 Å². The number of rotatable bonds is 4. The third kappa shape index (κ3) is 3.26. The molecule has 0 aliphatic heterocycles. The Morgan fingerprint density at radius 1 is 1.23 bits per heavy atom. The first-order valence-electron chi connectivity index (χ1n) is 8.52. The molecule has 0 unspecified atom stereocenters. The van der Waals surface area contributed by atoms with Crippen LogP contribution in [0.5, 0.6) is 0 Å². The number of nitrogens with zero attached hydrogens (tertiary/aromatic N) is 4. The second-order valence-electron chi connectivity index (χ2n) is 6.16. The highest BCUT2D eigenvalue weighted by atomic mass is 32.1. The predicted octanol–water partition coefficient (Wildman–Crippen LogP) is 2.06. The molecule has 3 aromatic rings. The van der Waals surface area contributed by atoms with Crippen LogP contribution in [0.3, 0.4) is 0 Å². The van der Waals surface area contributed by atoms with Gasteiger partial charge in [0.05, 0.1) is 17.6 Å². The van der Waals surface area contributed by atoms with Crippen LogP contribution in [0.2, 0.25) is 0 Å². The van der Waals surface area contributed by atoms with Gasteiger partial charge in [0.1, 0.15) is 10.8 Å². The quantitative estimate of drug-likeness (QED) is 0.496. The Balaban J connectivity index is 1.87. The summed E-state index contributed by atoms with van der Waals surface area (Å²) in [4.78, 5) is 39.2. The molecule has 0 saturated heterocycles. The number of anilines is 1. The molecule has 0 atom stereocenters. The maximum Gasteiger partial charge on any atom is 0.320 e. The van der Waals surface area contributed by atoms with Gasteiger partial charge < -0.3 is 10.5 Å². The summed E-state index contributed by atoms with van der Waals surface area (Å²) in [5.74, 6) is -1.05. The van der Waals surface area contributed by atoms with Gasteiger partial charge in [-0.15, -0.1) is 0 Å². The number of carbonyl (C=O) groups is 1. The van der Waals surface area contributed by atoms with E-state index in [0.29, 0.717) is 9.97 Å². The average molecular weight is 423 g/mol. The minimum atomic E-state index is -0.857. The number of aromatic nitrogens is 3. The summed E-state index contributed by atoms with van der Waals surface area (Å²) >= 11 is 1.20. The first kappa shape index (κ1) is 19.2. The van der Waals surface area contributed by atoms with Crippen molar-refractivity contribution in [1.29, 1.82) is 0 Å². The van der Waals surface area contributed by atoms with Crippen LogP contribution in [0.25, 0.3) is 21.6 Å². The van der Waals surface area contributed by atoms with E-state index in [1.807, 2.05) is 30.3 Å². The fourth-order valence-corrected chi connectivity index (χ4v) is 3.76. The summed E-state index contributed by atoms with van der Waals surface area (Å²) in [6.07, 6.45) is 3.65. The molecule has 150 valence electrons. The molecule has 1 aliphatic rings. The number of hydrogen-bond donors (Lipinski definition) is 1. The molecule has 1 aliphatic carbocycles. The van der Waals surface area contributed by atoms with Gasteiger partial charge in [0.2, 0.25) is 4.96 Å². The van der Waals surface area contributed by atoms with Crippen molar-refractivity contribution in [3.8, 4) is 10.6 Å².